The number of guanidine groups is 1. The second-order valence-corrected chi connectivity index (χ2v) is 7.22. The molecular weight excluding hydrogens is 300 g/mol. The van der Waals surface area contributed by atoms with Crippen LogP contribution in [0.3, 0.4) is 0 Å². The molecule has 2 rings (SSSR count). The highest BCUT2D eigenvalue weighted by Gasteiger charge is 2.29. The van der Waals surface area contributed by atoms with Gasteiger partial charge in [0, 0.05) is 18.3 Å². The maximum Gasteiger partial charge on any atom is 0.239 e. The Labute approximate surface area is 135 Å². The number of nitrogens with zero attached hydrogens (tertiary/aromatic N) is 1. The van der Waals surface area contributed by atoms with Gasteiger partial charge in [-0.25, -0.2) is 0 Å². The molecule has 1 saturated heterocycles. The Kier molecular flexibility index (Phi) is 6.18. The van der Waals surface area contributed by atoms with Crippen LogP contribution < -0.4 is 16.0 Å². The zero-order valence-corrected chi connectivity index (χ0v) is 14.0. The Morgan fingerprint density at radius 2 is 2.32 bits per heavy atom. The summed E-state index contributed by atoms with van der Waals surface area (Å²) in [5.74, 6) is 2.52. The largest absolute Gasteiger partial charge is 0.467 e. The Morgan fingerprint density at radius 1 is 1.45 bits per heavy atom. The SMILES string of the molecule is CN=C(NCC(=O)NCc1ccco1)NCC1(C)CCCS1. The number of carbonyl (C=O) groups is 1. The monoisotopic (exact) mass is 324 g/mol. The van der Waals surface area contributed by atoms with Crippen molar-refractivity contribution in [1.82, 2.24) is 16.0 Å². The lowest BCUT2D eigenvalue weighted by Crippen LogP contribution is -2.46. The molecule has 7 heteroatoms. The number of amides is 1. The van der Waals surface area contributed by atoms with Crippen molar-refractivity contribution in [3.05, 3.63) is 24.2 Å². The predicted molar refractivity (Wildman–Crippen MR) is 90.0 cm³/mol. The van der Waals surface area contributed by atoms with Crippen LogP contribution in [-0.4, -0.2) is 42.5 Å². The lowest BCUT2D eigenvalue weighted by atomic mass is 10.1. The Morgan fingerprint density at radius 3 is 2.95 bits per heavy atom. The molecule has 0 bridgehead atoms. The zero-order valence-electron chi connectivity index (χ0n) is 13.1. The standard InChI is InChI=1S/C15H24N4O2S/c1-15(6-4-8-22-15)11-19-14(16-2)18-10-13(20)17-9-12-5-3-7-21-12/h3,5,7H,4,6,8-11H2,1-2H3,(H,17,20)(H2,16,18,19). The molecule has 1 aliphatic heterocycles. The van der Waals surface area contributed by atoms with Gasteiger partial charge in [0.25, 0.3) is 0 Å². The Balaban J connectivity index is 1.66. The van der Waals surface area contributed by atoms with E-state index in [1.54, 1.807) is 19.4 Å². The zero-order chi connectivity index (χ0) is 15.8. The molecule has 1 aromatic rings. The van der Waals surface area contributed by atoms with E-state index < -0.39 is 0 Å². The first-order valence-electron chi connectivity index (χ1n) is 7.49. The first-order valence-corrected chi connectivity index (χ1v) is 8.47. The molecule has 0 saturated carbocycles. The molecule has 3 N–H and O–H groups in total. The first-order chi connectivity index (χ1) is 10.6. The van der Waals surface area contributed by atoms with E-state index in [1.165, 1.54) is 18.6 Å². The first kappa shape index (κ1) is 16.7. The summed E-state index contributed by atoms with van der Waals surface area (Å²) in [6.07, 6.45) is 4.07. The van der Waals surface area contributed by atoms with E-state index in [0.717, 1.165) is 12.3 Å². The van der Waals surface area contributed by atoms with Crippen molar-refractivity contribution in [2.24, 2.45) is 4.99 Å². The quantitative estimate of drug-likeness (QED) is 0.544. The maximum atomic E-state index is 11.8. The minimum Gasteiger partial charge on any atom is -0.467 e. The lowest BCUT2D eigenvalue weighted by molar-refractivity contribution is -0.120. The molecule has 22 heavy (non-hydrogen) atoms. The normalized spacial score (nSPS) is 21.6. The minimum atomic E-state index is -0.0965. The van der Waals surface area contributed by atoms with Gasteiger partial charge in [0.15, 0.2) is 5.96 Å². The molecule has 1 fully saturated rings. The molecule has 0 spiro atoms. The van der Waals surface area contributed by atoms with Crippen molar-refractivity contribution in [3.8, 4) is 0 Å². The van der Waals surface area contributed by atoms with Crippen LogP contribution in [0.5, 0.6) is 0 Å². The number of furan rings is 1. The van der Waals surface area contributed by atoms with Gasteiger partial charge in [0.2, 0.25) is 5.91 Å². The van der Waals surface area contributed by atoms with E-state index in [2.05, 4.69) is 27.9 Å². The summed E-state index contributed by atoms with van der Waals surface area (Å²) in [6.45, 7) is 3.70. The summed E-state index contributed by atoms with van der Waals surface area (Å²) < 4.78 is 5.43. The molecule has 122 valence electrons. The third kappa shape index (κ3) is 5.29. The van der Waals surface area contributed by atoms with Gasteiger partial charge >= 0.3 is 0 Å². The summed E-state index contributed by atoms with van der Waals surface area (Å²) in [5, 5.41) is 9.11. The molecule has 6 nitrogen and oxygen atoms in total. The third-order valence-corrected chi connectivity index (χ3v) is 5.15. The van der Waals surface area contributed by atoms with Gasteiger partial charge in [-0.2, -0.15) is 11.8 Å². The van der Waals surface area contributed by atoms with E-state index in [1.807, 2.05) is 17.8 Å². The number of carbonyl (C=O) groups excluding carboxylic acids is 1. The van der Waals surface area contributed by atoms with Crippen LogP contribution in [0.1, 0.15) is 25.5 Å². The van der Waals surface area contributed by atoms with E-state index in [9.17, 15) is 4.79 Å². The van der Waals surface area contributed by atoms with Gasteiger partial charge < -0.3 is 20.4 Å². The van der Waals surface area contributed by atoms with Gasteiger partial charge in [-0.3, -0.25) is 9.79 Å². The third-order valence-electron chi connectivity index (χ3n) is 3.61. The number of aliphatic imine (C=N–C) groups is 1. The van der Waals surface area contributed by atoms with Crippen LogP contribution in [0.4, 0.5) is 0 Å². The number of thioether (sulfide) groups is 1. The Bertz CT molecular complexity index is 496. The summed E-state index contributed by atoms with van der Waals surface area (Å²) in [7, 11) is 1.71. The van der Waals surface area contributed by atoms with Crippen molar-refractivity contribution >= 4 is 23.6 Å². The number of nitrogens with one attached hydrogen (secondary N) is 3. The van der Waals surface area contributed by atoms with Crippen LogP contribution in [0.15, 0.2) is 27.8 Å². The van der Waals surface area contributed by atoms with Crippen LogP contribution in [-0.2, 0) is 11.3 Å². The molecule has 1 amide bonds. The average Bonchev–Trinajstić information content (AvgIpc) is 3.17. The molecule has 0 aliphatic carbocycles. The van der Waals surface area contributed by atoms with E-state index in [0.29, 0.717) is 12.5 Å². The molecule has 1 aliphatic rings. The highest BCUT2D eigenvalue weighted by molar-refractivity contribution is 8.00. The molecule has 1 aromatic heterocycles. The number of hydrogen-bond acceptors (Lipinski definition) is 4. The van der Waals surface area contributed by atoms with Crippen LogP contribution in [0.25, 0.3) is 0 Å². The topological polar surface area (TPSA) is 78.7 Å². The van der Waals surface area contributed by atoms with Gasteiger partial charge in [0.05, 0.1) is 19.4 Å². The fourth-order valence-electron chi connectivity index (χ4n) is 2.29. The second kappa shape index (κ2) is 8.12. The van der Waals surface area contributed by atoms with Crippen molar-refractivity contribution in [1.29, 1.82) is 0 Å². The second-order valence-electron chi connectivity index (χ2n) is 5.54. The highest BCUT2D eigenvalue weighted by atomic mass is 32.2. The Hall–Kier alpha value is -1.63. The van der Waals surface area contributed by atoms with Crippen molar-refractivity contribution < 1.29 is 9.21 Å². The predicted octanol–water partition coefficient (Wildman–Crippen LogP) is 1.35. The summed E-state index contributed by atoms with van der Waals surface area (Å²) >= 11 is 1.99. The van der Waals surface area contributed by atoms with Gasteiger partial charge in [0.1, 0.15) is 5.76 Å². The van der Waals surface area contributed by atoms with Crippen molar-refractivity contribution in [3.63, 3.8) is 0 Å². The summed E-state index contributed by atoms with van der Waals surface area (Å²) in [6, 6.07) is 3.63. The summed E-state index contributed by atoms with van der Waals surface area (Å²) in [4.78, 5) is 15.9. The molecule has 0 radical (unpaired) electrons. The van der Waals surface area contributed by atoms with Crippen molar-refractivity contribution in [2.75, 3.05) is 25.9 Å². The van der Waals surface area contributed by atoms with Crippen LogP contribution in [0.2, 0.25) is 0 Å². The minimum absolute atomic E-state index is 0.0965. The average molecular weight is 324 g/mol. The van der Waals surface area contributed by atoms with Gasteiger partial charge in [-0.15, -0.1) is 0 Å². The van der Waals surface area contributed by atoms with E-state index in [4.69, 9.17) is 4.42 Å². The number of rotatable bonds is 6. The molecule has 2 heterocycles. The lowest BCUT2D eigenvalue weighted by Gasteiger charge is -2.24. The van der Waals surface area contributed by atoms with E-state index in [-0.39, 0.29) is 17.2 Å². The van der Waals surface area contributed by atoms with E-state index >= 15 is 0 Å². The molecular formula is C15H24N4O2S. The summed E-state index contributed by atoms with van der Waals surface area (Å²) in [5.41, 5.74) is 0. The molecule has 0 aromatic carbocycles. The fraction of sp³-hybridized carbons (Fsp3) is 0.600. The molecule has 1 unspecified atom stereocenters. The van der Waals surface area contributed by atoms with Crippen LogP contribution in [0, 0.1) is 0 Å². The fourth-order valence-corrected chi connectivity index (χ4v) is 3.54. The van der Waals surface area contributed by atoms with Gasteiger partial charge in [-0.1, -0.05) is 0 Å². The molecule has 1 atom stereocenters. The van der Waals surface area contributed by atoms with Crippen LogP contribution >= 0.6 is 11.8 Å². The van der Waals surface area contributed by atoms with Crippen molar-refractivity contribution in [2.45, 2.75) is 31.1 Å². The maximum absolute atomic E-state index is 11.8. The highest BCUT2D eigenvalue weighted by Crippen LogP contribution is 2.36. The smallest absolute Gasteiger partial charge is 0.239 e. The van der Waals surface area contributed by atoms with Gasteiger partial charge in [-0.05, 0) is 37.7 Å². The number of hydrogen-bond donors (Lipinski definition) is 3.